The highest BCUT2D eigenvalue weighted by Crippen LogP contribution is 2.33. The number of nitrogens with one attached hydrogen (secondary N) is 1. The third-order valence-electron chi connectivity index (χ3n) is 9.09. The molecule has 5 aromatic rings. The number of H-pyrrole nitrogens is 1. The zero-order valence-corrected chi connectivity index (χ0v) is 26.5. The smallest absolute Gasteiger partial charge is 0.243 e. The van der Waals surface area contributed by atoms with Crippen molar-refractivity contribution in [3.8, 4) is 34.1 Å². The SMILES string of the molecule is COc1ccc2nc(C)n(CC(=O)N3CCN(C[C@H]4CCOC4)CC3c3ncc(-c4ccc(-c5ccccc5)nc4OC)[nH]3)c2c1. The lowest BCUT2D eigenvalue weighted by Gasteiger charge is -2.41. The number of aromatic amines is 1. The Morgan fingerprint density at radius 1 is 1.04 bits per heavy atom. The first-order valence-corrected chi connectivity index (χ1v) is 15.8. The third-order valence-corrected chi connectivity index (χ3v) is 9.09. The number of aryl methyl sites for hydroxylation is 1. The first-order valence-electron chi connectivity index (χ1n) is 15.8. The van der Waals surface area contributed by atoms with Crippen molar-refractivity contribution in [2.24, 2.45) is 5.92 Å². The largest absolute Gasteiger partial charge is 0.497 e. The first-order chi connectivity index (χ1) is 22.5. The number of amides is 1. The number of hydrogen-bond acceptors (Lipinski definition) is 8. The van der Waals surface area contributed by atoms with E-state index in [4.69, 9.17) is 29.2 Å². The van der Waals surface area contributed by atoms with E-state index in [1.165, 1.54) is 0 Å². The number of nitrogens with zero attached hydrogens (tertiary/aromatic N) is 6. The van der Waals surface area contributed by atoms with E-state index in [2.05, 4.69) is 9.88 Å². The predicted octanol–water partition coefficient (Wildman–Crippen LogP) is 4.74. The van der Waals surface area contributed by atoms with Crippen LogP contribution >= 0.6 is 0 Å². The minimum absolute atomic E-state index is 0.0171. The molecule has 2 aromatic carbocycles. The van der Waals surface area contributed by atoms with Gasteiger partial charge in [-0.15, -0.1) is 0 Å². The molecule has 0 aliphatic carbocycles. The number of hydrogen-bond donors (Lipinski definition) is 1. The van der Waals surface area contributed by atoms with Gasteiger partial charge in [-0.2, -0.15) is 0 Å². The van der Waals surface area contributed by atoms with Crippen LogP contribution in [0.1, 0.15) is 24.1 Å². The van der Waals surface area contributed by atoms with Crippen molar-refractivity contribution in [3.63, 3.8) is 0 Å². The number of rotatable bonds is 9. The number of ether oxygens (including phenoxy) is 3. The van der Waals surface area contributed by atoms with Crippen molar-refractivity contribution in [2.45, 2.75) is 25.9 Å². The number of carbonyl (C=O) groups is 1. The van der Waals surface area contributed by atoms with Gasteiger partial charge in [0.15, 0.2) is 0 Å². The zero-order valence-electron chi connectivity index (χ0n) is 26.5. The second-order valence-corrected chi connectivity index (χ2v) is 12.0. The maximum atomic E-state index is 14.1. The average molecular weight is 622 g/mol. The fourth-order valence-corrected chi connectivity index (χ4v) is 6.62. The average Bonchev–Trinajstić information content (AvgIpc) is 3.86. The van der Waals surface area contributed by atoms with Gasteiger partial charge in [0.25, 0.3) is 0 Å². The van der Waals surface area contributed by atoms with E-state index >= 15 is 0 Å². The first kappa shape index (κ1) is 29.9. The maximum Gasteiger partial charge on any atom is 0.243 e. The van der Waals surface area contributed by atoms with Gasteiger partial charge in [-0.3, -0.25) is 9.69 Å². The van der Waals surface area contributed by atoms with E-state index in [1.807, 2.05) is 83.3 Å². The lowest BCUT2D eigenvalue weighted by Crippen LogP contribution is -2.52. The van der Waals surface area contributed by atoms with Gasteiger partial charge in [0.05, 0.1) is 55.0 Å². The Labute approximate surface area is 268 Å². The minimum Gasteiger partial charge on any atom is -0.497 e. The number of piperazine rings is 1. The molecule has 1 unspecified atom stereocenters. The minimum atomic E-state index is -0.260. The summed E-state index contributed by atoms with van der Waals surface area (Å²) in [5.74, 6) is 3.28. The predicted molar refractivity (Wildman–Crippen MR) is 175 cm³/mol. The number of imidazole rings is 2. The van der Waals surface area contributed by atoms with Gasteiger partial charge < -0.3 is 28.7 Å². The normalized spacial score (nSPS) is 18.7. The molecule has 11 nitrogen and oxygen atoms in total. The molecule has 0 bridgehead atoms. The fourth-order valence-electron chi connectivity index (χ4n) is 6.62. The molecule has 0 spiro atoms. The van der Waals surface area contributed by atoms with Crippen LogP contribution in [-0.2, 0) is 16.1 Å². The Kier molecular flexibility index (Phi) is 8.42. The van der Waals surface area contributed by atoms with E-state index in [0.717, 1.165) is 83.7 Å². The van der Waals surface area contributed by atoms with E-state index in [-0.39, 0.29) is 18.5 Å². The van der Waals surface area contributed by atoms with Crippen LogP contribution in [0.4, 0.5) is 0 Å². The van der Waals surface area contributed by atoms with Gasteiger partial charge in [-0.25, -0.2) is 15.0 Å². The number of pyridine rings is 1. The van der Waals surface area contributed by atoms with Crippen molar-refractivity contribution < 1.29 is 19.0 Å². The molecule has 3 aromatic heterocycles. The van der Waals surface area contributed by atoms with Crippen molar-refractivity contribution in [1.82, 2.24) is 34.3 Å². The second kappa shape index (κ2) is 12.9. The van der Waals surface area contributed by atoms with Crippen molar-refractivity contribution in [1.29, 1.82) is 0 Å². The molecule has 2 atom stereocenters. The summed E-state index contributed by atoms with van der Waals surface area (Å²) in [5, 5.41) is 0. The molecule has 46 heavy (non-hydrogen) atoms. The molecule has 2 saturated heterocycles. The van der Waals surface area contributed by atoms with E-state index < -0.39 is 0 Å². The van der Waals surface area contributed by atoms with Crippen molar-refractivity contribution >= 4 is 16.9 Å². The highest BCUT2D eigenvalue weighted by Gasteiger charge is 2.35. The lowest BCUT2D eigenvalue weighted by atomic mass is 10.1. The van der Waals surface area contributed by atoms with E-state index in [0.29, 0.717) is 24.9 Å². The van der Waals surface area contributed by atoms with Crippen LogP contribution in [0.3, 0.4) is 0 Å². The molecule has 0 radical (unpaired) electrons. The maximum absolute atomic E-state index is 14.1. The van der Waals surface area contributed by atoms with Crippen LogP contribution in [0.5, 0.6) is 11.6 Å². The molecular formula is C35H39N7O4. The van der Waals surface area contributed by atoms with Crippen LogP contribution < -0.4 is 9.47 Å². The summed E-state index contributed by atoms with van der Waals surface area (Å²) in [6.45, 7) is 6.72. The van der Waals surface area contributed by atoms with Gasteiger partial charge in [0.1, 0.15) is 30.0 Å². The van der Waals surface area contributed by atoms with Crippen LogP contribution in [-0.4, -0.2) is 93.8 Å². The van der Waals surface area contributed by atoms with E-state index in [9.17, 15) is 4.79 Å². The molecule has 2 aliphatic heterocycles. The summed E-state index contributed by atoms with van der Waals surface area (Å²) in [7, 11) is 3.27. The van der Waals surface area contributed by atoms with Crippen molar-refractivity contribution in [3.05, 3.63) is 78.5 Å². The van der Waals surface area contributed by atoms with Crippen molar-refractivity contribution in [2.75, 3.05) is 53.6 Å². The molecule has 1 amide bonds. The van der Waals surface area contributed by atoms with Gasteiger partial charge in [-0.1, -0.05) is 30.3 Å². The Balaban J connectivity index is 1.18. The second-order valence-electron chi connectivity index (χ2n) is 12.0. The highest BCUT2D eigenvalue weighted by molar-refractivity contribution is 5.82. The number of fused-ring (bicyclic) bond motifs is 1. The number of aromatic nitrogens is 5. The van der Waals surface area contributed by atoms with E-state index in [1.54, 1.807) is 14.2 Å². The topological polar surface area (TPSA) is 111 Å². The molecule has 11 heteroatoms. The standard InChI is InChI=1S/C35H39N7O4/c1-23-37-29-11-9-26(44-2)17-31(29)42(23)21-33(43)41-15-14-40(19-24-13-16-46-22-24)20-32(41)34-36-18-30(38-34)27-10-12-28(39-35(27)45-3)25-7-5-4-6-8-25/h4-12,17-18,24,32H,13-16,19-22H2,1-3H3,(H,36,38)/t24-,32?/m1/s1. The van der Waals surface area contributed by atoms with Gasteiger partial charge >= 0.3 is 0 Å². The Morgan fingerprint density at radius 3 is 2.70 bits per heavy atom. The van der Waals surface area contributed by atoms with Gasteiger partial charge in [0, 0.05) is 44.4 Å². The summed E-state index contributed by atoms with van der Waals surface area (Å²) in [4.78, 5) is 36.4. The molecule has 1 N–H and O–H groups in total. The van der Waals surface area contributed by atoms with Gasteiger partial charge in [0.2, 0.25) is 11.8 Å². The Morgan fingerprint density at radius 2 is 1.91 bits per heavy atom. The fraction of sp³-hybridized carbons (Fsp3) is 0.371. The molecule has 2 aliphatic rings. The molecule has 7 rings (SSSR count). The van der Waals surface area contributed by atoms with Crippen LogP contribution in [0.15, 0.2) is 66.9 Å². The monoisotopic (exact) mass is 621 g/mol. The van der Waals surface area contributed by atoms with Crippen LogP contribution in [0.2, 0.25) is 0 Å². The van der Waals surface area contributed by atoms with Crippen LogP contribution in [0.25, 0.3) is 33.5 Å². The Hall–Kier alpha value is -4.74. The quantitative estimate of drug-likeness (QED) is 0.252. The highest BCUT2D eigenvalue weighted by atomic mass is 16.5. The number of methoxy groups -OCH3 is 2. The molecule has 0 saturated carbocycles. The number of carbonyl (C=O) groups excluding carboxylic acids is 1. The molecule has 2 fully saturated rings. The summed E-state index contributed by atoms with van der Waals surface area (Å²) in [6, 6.07) is 19.5. The Bertz CT molecular complexity index is 1830. The third kappa shape index (κ3) is 5.95. The summed E-state index contributed by atoms with van der Waals surface area (Å²) in [5.41, 5.74) is 5.15. The van der Waals surface area contributed by atoms with Crippen LogP contribution in [0, 0.1) is 12.8 Å². The number of benzene rings is 2. The summed E-state index contributed by atoms with van der Waals surface area (Å²) >= 11 is 0. The molecule has 5 heterocycles. The van der Waals surface area contributed by atoms with Gasteiger partial charge in [-0.05, 0) is 43.5 Å². The molecule has 238 valence electrons. The summed E-state index contributed by atoms with van der Waals surface area (Å²) < 4.78 is 18.8. The molecular weight excluding hydrogens is 582 g/mol. The summed E-state index contributed by atoms with van der Waals surface area (Å²) in [6.07, 6.45) is 2.88. The zero-order chi connectivity index (χ0) is 31.6. The lowest BCUT2D eigenvalue weighted by molar-refractivity contribution is -0.137.